The fourth-order valence-electron chi connectivity index (χ4n) is 3.19. The van der Waals surface area contributed by atoms with E-state index < -0.39 is 6.43 Å². The zero-order valence-corrected chi connectivity index (χ0v) is 19.3. The van der Waals surface area contributed by atoms with Gasteiger partial charge in [-0.1, -0.05) is 6.58 Å². The van der Waals surface area contributed by atoms with Crippen LogP contribution >= 0.6 is 0 Å². The van der Waals surface area contributed by atoms with Crippen molar-refractivity contribution in [3.05, 3.63) is 76.9 Å². The number of azo groups is 1. The second-order valence-corrected chi connectivity index (χ2v) is 7.43. The molecule has 0 aliphatic carbocycles. The largest absolute Gasteiger partial charge is 0.472 e. The Balaban J connectivity index is 1.86. The molecule has 8 nitrogen and oxygen atoms in total. The summed E-state index contributed by atoms with van der Waals surface area (Å²) in [5, 5.41) is 25.5. The summed E-state index contributed by atoms with van der Waals surface area (Å²) in [6.45, 7) is 7.69. The van der Waals surface area contributed by atoms with E-state index in [4.69, 9.17) is 4.74 Å². The van der Waals surface area contributed by atoms with Crippen molar-refractivity contribution in [1.29, 1.82) is 5.26 Å². The van der Waals surface area contributed by atoms with Crippen molar-refractivity contribution in [1.82, 2.24) is 19.7 Å². The fourth-order valence-corrected chi connectivity index (χ4v) is 3.19. The van der Waals surface area contributed by atoms with E-state index in [-0.39, 0.29) is 18.1 Å². The van der Waals surface area contributed by atoms with Crippen molar-refractivity contribution in [3.8, 4) is 23.2 Å². The molecule has 0 bridgehead atoms. The number of alkyl halides is 2. The molecule has 0 amide bonds. The van der Waals surface area contributed by atoms with Crippen molar-refractivity contribution < 1.29 is 13.5 Å². The maximum absolute atomic E-state index is 12.9. The predicted octanol–water partition coefficient (Wildman–Crippen LogP) is 5.44. The van der Waals surface area contributed by atoms with Gasteiger partial charge < -0.3 is 9.30 Å². The van der Waals surface area contributed by atoms with Gasteiger partial charge in [0.15, 0.2) is 0 Å². The Bertz CT molecular complexity index is 1280. The molecule has 0 spiro atoms. The summed E-state index contributed by atoms with van der Waals surface area (Å²) in [5.41, 5.74) is 4.63. The van der Waals surface area contributed by atoms with Crippen LogP contribution in [0.1, 0.15) is 36.0 Å². The summed E-state index contributed by atoms with van der Waals surface area (Å²) < 4.78 is 33.4. The molecule has 3 rings (SSSR count). The summed E-state index contributed by atoms with van der Waals surface area (Å²) in [6, 6.07) is 10.1. The summed E-state index contributed by atoms with van der Waals surface area (Å²) in [4.78, 5) is 4.11. The first kappa shape index (κ1) is 24.4. The number of hydrogen-bond acceptors (Lipinski definition) is 7. The van der Waals surface area contributed by atoms with Gasteiger partial charge in [0.05, 0.1) is 11.4 Å². The molecule has 0 fully saturated rings. The van der Waals surface area contributed by atoms with E-state index in [0.29, 0.717) is 33.9 Å². The highest BCUT2D eigenvalue weighted by Gasteiger charge is 2.16. The standard InChI is InChI=1S/C24H23F2N7O/c1-14(2)19(23(32-28-4)21-7-6-16(12-29-21)24(25)26)13-34-22-9-8-20(30-31-22)18-10-17(11-27)33(5)15(18)3/h6-10,12,24H,1,13H2,2-5H3/b23-19-,32-28?. The highest BCUT2D eigenvalue weighted by molar-refractivity contribution is 5.69. The molecule has 3 aromatic rings. The van der Waals surface area contributed by atoms with Gasteiger partial charge in [0, 0.05) is 48.8 Å². The van der Waals surface area contributed by atoms with Gasteiger partial charge in [-0.2, -0.15) is 15.5 Å². The van der Waals surface area contributed by atoms with E-state index in [9.17, 15) is 14.0 Å². The molecule has 0 radical (unpaired) electrons. The average molecular weight is 463 g/mol. The Labute approximate surface area is 196 Å². The monoisotopic (exact) mass is 463 g/mol. The summed E-state index contributed by atoms with van der Waals surface area (Å²) in [7, 11) is 3.31. The van der Waals surface area contributed by atoms with Crippen molar-refractivity contribution in [3.63, 3.8) is 0 Å². The fraction of sp³-hybridized carbons (Fsp3) is 0.250. The third-order valence-electron chi connectivity index (χ3n) is 5.21. The zero-order valence-electron chi connectivity index (χ0n) is 19.3. The molecule has 174 valence electrons. The molecule has 0 aliphatic rings. The van der Waals surface area contributed by atoms with Crippen LogP contribution in [0.15, 0.2) is 64.5 Å². The topological polar surface area (TPSA) is 101 Å². The number of hydrogen-bond donors (Lipinski definition) is 0. The number of rotatable bonds is 8. The smallest absolute Gasteiger partial charge is 0.265 e. The van der Waals surface area contributed by atoms with E-state index in [0.717, 1.165) is 17.5 Å². The molecule has 0 atom stereocenters. The molecule has 0 unspecified atom stereocenters. The normalized spacial score (nSPS) is 12.1. The Morgan fingerprint density at radius 2 is 2.03 bits per heavy atom. The van der Waals surface area contributed by atoms with Crippen LogP contribution in [0.5, 0.6) is 5.88 Å². The Kier molecular flexibility index (Phi) is 7.58. The highest BCUT2D eigenvalue weighted by atomic mass is 19.3. The first-order valence-corrected chi connectivity index (χ1v) is 10.2. The molecular weight excluding hydrogens is 440 g/mol. The van der Waals surface area contributed by atoms with Crippen LogP contribution in [0, 0.1) is 18.3 Å². The van der Waals surface area contributed by atoms with E-state index in [2.05, 4.69) is 38.1 Å². The first-order chi connectivity index (χ1) is 16.3. The average Bonchev–Trinajstić information content (AvgIpc) is 3.12. The zero-order chi connectivity index (χ0) is 24.8. The maximum Gasteiger partial charge on any atom is 0.265 e. The third-order valence-corrected chi connectivity index (χ3v) is 5.21. The number of nitrogens with zero attached hydrogens (tertiary/aromatic N) is 7. The minimum absolute atomic E-state index is 0.0406. The second kappa shape index (κ2) is 10.6. The molecule has 0 saturated carbocycles. The third kappa shape index (κ3) is 5.20. The van der Waals surface area contributed by atoms with Gasteiger partial charge in [-0.05, 0) is 43.7 Å². The van der Waals surface area contributed by atoms with Crippen LogP contribution in [-0.2, 0) is 7.05 Å². The summed E-state index contributed by atoms with van der Waals surface area (Å²) >= 11 is 0. The van der Waals surface area contributed by atoms with Crippen molar-refractivity contribution in [2.75, 3.05) is 13.7 Å². The van der Waals surface area contributed by atoms with Gasteiger partial charge >= 0.3 is 0 Å². The molecule has 34 heavy (non-hydrogen) atoms. The highest BCUT2D eigenvalue weighted by Crippen LogP contribution is 2.27. The molecule has 0 aromatic carbocycles. The molecule has 10 heteroatoms. The minimum atomic E-state index is -2.61. The van der Waals surface area contributed by atoms with Crippen molar-refractivity contribution in [2.45, 2.75) is 20.3 Å². The second-order valence-electron chi connectivity index (χ2n) is 7.43. The Hall–Kier alpha value is -4.26. The van der Waals surface area contributed by atoms with Crippen LogP contribution in [0.4, 0.5) is 8.78 Å². The maximum atomic E-state index is 12.9. The van der Waals surface area contributed by atoms with Crippen molar-refractivity contribution in [2.24, 2.45) is 17.3 Å². The lowest BCUT2D eigenvalue weighted by Gasteiger charge is -2.13. The van der Waals surface area contributed by atoms with Crippen LogP contribution in [0.25, 0.3) is 17.0 Å². The van der Waals surface area contributed by atoms with Gasteiger partial charge in [-0.3, -0.25) is 4.98 Å². The van der Waals surface area contributed by atoms with Gasteiger partial charge in [-0.15, -0.1) is 10.2 Å². The molecule has 0 saturated heterocycles. The Morgan fingerprint density at radius 3 is 2.53 bits per heavy atom. The van der Waals surface area contributed by atoms with Crippen LogP contribution in [0.2, 0.25) is 0 Å². The van der Waals surface area contributed by atoms with Crippen LogP contribution in [0.3, 0.4) is 0 Å². The Morgan fingerprint density at radius 1 is 1.26 bits per heavy atom. The summed E-state index contributed by atoms with van der Waals surface area (Å²) in [5.74, 6) is 0.269. The number of aromatic nitrogens is 4. The molecule has 0 aliphatic heterocycles. The van der Waals surface area contributed by atoms with Gasteiger partial charge in [-0.25, -0.2) is 8.78 Å². The molecule has 0 N–H and O–H groups in total. The van der Waals surface area contributed by atoms with E-state index >= 15 is 0 Å². The lowest BCUT2D eigenvalue weighted by molar-refractivity contribution is 0.151. The quantitative estimate of drug-likeness (QED) is 0.327. The van der Waals surface area contributed by atoms with E-state index in [1.807, 2.05) is 14.0 Å². The molecule has 3 heterocycles. The van der Waals surface area contributed by atoms with Gasteiger partial charge in [0.2, 0.25) is 5.88 Å². The lowest BCUT2D eigenvalue weighted by Crippen LogP contribution is -2.07. The molecule has 3 aromatic heterocycles. The number of halogens is 2. The van der Waals surface area contributed by atoms with Crippen LogP contribution < -0.4 is 4.74 Å². The SMILES string of the molecule is C=C(C)/C(COc1ccc(-c2cc(C#N)n(C)c2C)nn1)=C(\N=NC)c1ccc(C(F)F)cn1. The molecular formula is C24H23F2N7O. The van der Waals surface area contributed by atoms with Crippen LogP contribution in [-0.4, -0.2) is 33.4 Å². The van der Waals surface area contributed by atoms with Crippen molar-refractivity contribution >= 4 is 5.70 Å². The van der Waals surface area contributed by atoms with E-state index in [1.165, 1.54) is 19.2 Å². The predicted molar refractivity (Wildman–Crippen MR) is 123 cm³/mol. The van der Waals surface area contributed by atoms with E-state index in [1.54, 1.807) is 29.7 Å². The number of ether oxygens (including phenoxy) is 1. The number of pyridine rings is 1. The van der Waals surface area contributed by atoms with Gasteiger partial charge in [0.1, 0.15) is 24.1 Å². The van der Waals surface area contributed by atoms with Gasteiger partial charge in [0.25, 0.3) is 6.43 Å². The summed E-state index contributed by atoms with van der Waals surface area (Å²) in [6.07, 6.45) is -1.51. The minimum Gasteiger partial charge on any atom is -0.472 e. The first-order valence-electron chi connectivity index (χ1n) is 10.2. The number of nitriles is 1. The lowest BCUT2D eigenvalue weighted by atomic mass is 10.1.